The summed E-state index contributed by atoms with van der Waals surface area (Å²) in [5.41, 5.74) is 11.1. The predicted octanol–water partition coefficient (Wildman–Crippen LogP) is 11.8. The van der Waals surface area contributed by atoms with Crippen LogP contribution in [0.2, 0.25) is 0 Å². The molecule has 9 rings (SSSR count). The molecule has 49 heavy (non-hydrogen) atoms. The Morgan fingerprint density at radius 2 is 0.755 bits per heavy atom. The molecule has 4 nitrogen and oxygen atoms in total. The lowest BCUT2D eigenvalue weighted by atomic mass is 9.98. The summed E-state index contributed by atoms with van der Waals surface area (Å²) < 4.78 is 6.10. The van der Waals surface area contributed by atoms with Crippen molar-refractivity contribution in [3.05, 3.63) is 176 Å². The van der Waals surface area contributed by atoms with E-state index in [1.165, 1.54) is 0 Å². The summed E-state index contributed by atoms with van der Waals surface area (Å²) in [4.78, 5) is 15.5. The SMILES string of the molecule is c1ccc(-c2ccccc2-c2nc(-c3cccc(-c4ccc5oc6ccccc6c5c4)c3)nc(-c3ccccc3-c3ccccc3)n2)cc1. The van der Waals surface area contributed by atoms with Crippen LogP contribution in [0.15, 0.2) is 180 Å². The first-order valence-electron chi connectivity index (χ1n) is 16.4. The van der Waals surface area contributed by atoms with Crippen molar-refractivity contribution in [2.24, 2.45) is 0 Å². The molecule has 0 saturated heterocycles. The number of aromatic nitrogens is 3. The zero-order valence-electron chi connectivity index (χ0n) is 26.5. The second-order valence-corrected chi connectivity index (χ2v) is 12.0. The van der Waals surface area contributed by atoms with E-state index in [2.05, 4.69) is 133 Å². The molecule has 7 aromatic carbocycles. The van der Waals surface area contributed by atoms with E-state index < -0.39 is 0 Å². The van der Waals surface area contributed by atoms with E-state index in [-0.39, 0.29) is 0 Å². The lowest BCUT2D eigenvalue weighted by Crippen LogP contribution is -2.02. The van der Waals surface area contributed by atoms with Gasteiger partial charge in [0.05, 0.1) is 0 Å². The van der Waals surface area contributed by atoms with Crippen molar-refractivity contribution in [1.82, 2.24) is 15.0 Å². The molecule has 0 radical (unpaired) electrons. The Balaban J connectivity index is 1.23. The first-order chi connectivity index (χ1) is 24.3. The summed E-state index contributed by atoms with van der Waals surface area (Å²) in [5.74, 6) is 1.86. The molecule has 0 aliphatic heterocycles. The van der Waals surface area contributed by atoms with Gasteiger partial charge in [0, 0.05) is 27.5 Å². The van der Waals surface area contributed by atoms with E-state index in [1.807, 2.05) is 42.5 Å². The maximum absolute atomic E-state index is 6.10. The number of hydrogen-bond acceptors (Lipinski definition) is 4. The predicted molar refractivity (Wildman–Crippen MR) is 200 cm³/mol. The van der Waals surface area contributed by atoms with E-state index in [4.69, 9.17) is 19.4 Å². The van der Waals surface area contributed by atoms with Crippen LogP contribution in [0.5, 0.6) is 0 Å². The van der Waals surface area contributed by atoms with Crippen LogP contribution < -0.4 is 0 Å². The van der Waals surface area contributed by atoms with Crippen LogP contribution in [0, 0.1) is 0 Å². The highest BCUT2D eigenvalue weighted by Gasteiger charge is 2.18. The number of fused-ring (bicyclic) bond motifs is 3. The molecule has 0 fully saturated rings. The minimum absolute atomic E-state index is 0.613. The van der Waals surface area contributed by atoms with Gasteiger partial charge in [-0.1, -0.05) is 152 Å². The molecule has 0 N–H and O–H groups in total. The van der Waals surface area contributed by atoms with Gasteiger partial charge in [0.15, 0.2) is 17.5 Å². The molecule has 0 spiro atoms. The minimum atomic E-state index is 0.613. The summed E-state index contributed by atoms with van der Waals surface area (Å²) in [5, 5.41) is 2.20. The maximum Gasteiger partial charge on any atom is 0.164 e. The van der Waals surface area contributed by atoms with Crippen molar-refractivity contribution in [2.45, 2.75) is 0 Å². The third kappa shape index (κ3) is 5.35. The molecule has 0 saturated carbocycles. The summed E-state index contributed by atoms with van der Waals surface area (Å²) in [6.07, 6.45) is 0. The number of para-hydroxylation sites is 1. The fraction of sp³-hybridized carbons (Fsp3) is 0. The summed E-state index contributed by atoms with van der Waals surface area (Å²) in [7, 11) is 0. The molecule has 2 aromatic heterocycles. The lowest BCUT2D eigenvalue weighted by Gasteiger charge is -2.14. The van der Waals surface area contributed by atoms with Gasteiger partial charge in [0.1, 0.15) is 11.2 Å². The van der Waals surface area contributed by atoms with E-state index in [0.717, 1.165) is 72.0 Å². The Bertz CT molecular complexity index is 2510. The standard InChI is InChI=1S/C45H29N3O/c1-3-14-30(15-4-1)35-20-7-9-23-38(35)44-46-43(47-45(48-44)39-24-10-8-21-36(39)31-16-5-2-6-17-31)34-19-13-18-32(28-34)33-26-27-42-40(29-33)37-22-11-12-25-41(37)49-42/h1-29H. The highest BCUT2D eigenvalue weighted by atomic mass is 16.3. The highest BCUT2D eigenvalue weighted by molar-refractivity contribution is 6.06. The van der Waals surface area contributed by atoms with Crippen LogP contribution in [0.3, 0.4) is 0 Å². The van der Waals surface area contributed by atoms with Gasteiger partial charge in [-0.05, 0) is 57.6 Å². The zero-order valence-corrected chi connectivity index (χ0v) is 26.5. The molecule has 0 aliphatic rings. The summed E-state index contributed by atoms with van der Waals surface area (Å²) >= 11 is 0. The first-order valence-corrected chi connectivity index (χ1v) is 16.4. The highest BCUT2D eigenvalue weighted by Crippen LogP contribution is 2.37. The molecule has 0 bridgehead atoms. The van der Waals surface area contributed by atoms with Gasteiger partial charge in [-0.2, -0.15) is 0 Å². The van der Waals surface area contributed by atoms with Gasteiger partial charge >= 0.3 is 0 Å². The second kappa shape index (κ2) is 12.2. The van der Waals surface area contributed by atoms with E-state index in [0.29, 0.717) is 17.5 Å². The van der Waals surface area contributed by atoms with Crippen LogP contribution in [0.4, 0.5) is 0 Å². The topological polar surface area (TPSA) is 51.8 Å². The second-order valence-electron chi connectivity index (χ2n) is 12.0. The quantitative estimate of drug-likeness (QED) is 0.184. The fourth-order valence-electron chi connectivity index (χ4n) is 6.58. The zero-order chi connectivity index (χ0) is 32.6. The molecular weight excluding hydrogens is 599 g/mol. The van der Waals surface area contributed by atoms with Crippen LogP contribution in [0.25, 0.3) is 89.5 Å². The molecular formula is C45H29N3O. The van der Waals surface area contributed by atoms with Gasteiger partial charge < -0.3 is 4.42 Å². The van der Waals surface area contributed by atoms with Crippen molar-refractivity contribution in [3.63, 3.8) is 0 Å². The average Bonchev–Trinajstić information content (AvgIpc) is 3.56. The van der Waals surface area contributed by atoms with Crippen LogP contribution in [-0.4, -0.2) is 15.0 Å². The molecule has 0 amide bonds. The summed E-state index contributed by atoms with van der Waals surface area (Å²) in [6, 6.07) is 60.4. The van der Waals surface area contributed by atoms with Gasteiger partial charge in [0.2, 0.25) is 0 Å². The molecule has 9 aromatic rings. The minimum Gasteiger partial charge on any atom is -0.456 e. The molecule has 0 aliphatic carbocycles. The van der Waals surface area contributed by atoms with Gasteiger partial charge in [0.25, 0.3) is 0 Å². The molecule has 230 valence electrons. The fourth-order valence-corrected chi connectivity index (χ4v) is 6.58. The van der Waals surface area contributed by atoms with Crippen molar-refractivity contribution in [3.8, 4) is 67.5 Å². The van der Waals surface area contributed by atoms with E-state index in [1.54, 1.807) is 0 Å². The maximum atomic E-state index is 6.10. The van der Waals surface area contributed by atoms with E-state index >= 15 is 0 Å². The first kappa shape index (κ1) is 28.6. The monoisotopic (exact) mass is 627 g/mol. The van der Waals surface area contributed by atoms with Crippen molar-refractivity contribution < 1.29 is 4.42 Å². The molecule has 0 atom stereocenters. The largest absolute Gasteiger partial charge is 0.456 e. The number of furan rings is 1. The molecule has 0 unspecified atom stereocenters. The molecule has 4 heteroatoms. The Morgan fingerprint density at radius 3 is 1.41 bits per heavy atom. The third-order valence-electron chi connectivity index (χ3n) is 8.97. The van der Waals surface area contributed by atoms with Gasteiger partial charge in [-0.25, -0.2) is 15.0 Å². The van der Waals surface area contributed by atoms with Crippen LogP contribution in [0.1, 0.15) is 0 Å². The normalized spacial score (nSPS) is 11.3. The van der Waals surface area contributed by atoms with Gasteiger partial charge in [-0.3, -0.25) is 0 Å². The average molecular weight is 628 g/mol. The summed E-state index contributed by atoms with van der Waals surface area (Å²) in [6.45, 7) is 0. The molecule has 2 heterocycles. The Kier molecular flexibility index (Phi) is 7.10. The van der Waals surface area contributed by atoms with Crippen molar-refractivity contribution in [2.75, 3.05) is 0 Å². The Hall–Kier alpha value is -6.65. The van der Waals surface area contributed by atoms with Crippen LogP contribution >= 0.6 is 0 Å². The van der Waals surface area contributed by atoms with Crippen molar-refractivity contribution in [1.29, 1.82) is 0 Å². The number of rotatable bonds is 6. The van der Waals surface area contributed by atoms with E-state index in [9.17, 15) is 0 Å². The van der Waals surface area contributed by atoms with Crippen LogP contribution in [-0.2, 0) is 0 Å². The van der Waals surface area contributed by atoms with Gasteiger partial charge in [-0.15, -0.1) is 0 Å². The number of nitrogens with zero attached hydrogens (tertiary/aromatic N) is 3. The third-order valence-corrected chi connectivity index (χ3v) is 8.97. The van der Waals surface area contributed by atoms with Crippen molar-refractivity contribution >= 4 is 21.9 Å². The lowest BCUT2D eigenvalue weighted by molar-refractivity contribution is 0.669. The smallest absolute Gasteiger partial charge is 0.164 e. The Morgan fingerprint density at radius 1 is 0.286 bits per heavy atom. The number of hydrogen-bond donors (Lipinski definition) is 0. The Labute approximate surface area is 284 Å². The number of benzene rings is 7.